The van der Waals surface area contributed by atoms with Gasteiger partial charge in [0.2, 0.25) is 5.91 Å². The molecule has 1 aromatic carbocycles. The highest BCUT2D eigenvalue weighted by Crippen LogP contribution is 2.39. The molecule has 1 aromatic rings. The van der Waals surface area contributed by atoms with Crippen LogP contribution in [0.4, 0.5) is 0 Å². The van der Waals surface area contributed by atoms with E-state index in [0.29, 0.717) is 18.9 Å². The number of carbonyl (C=O) groups is 1. The molecule has 3 nitrogen and oxygen atoms in total. The molecule has 1 aliphatic rings. The first kappa shape index (κ1) is 14.6. The number of aliphatic hydroxyl groups excluding tert-OH is 1. The number of hydrogen-bond acceptors (Lipinski definition) is 2. The highest BCUT2D eigenvalue weighted by atomic mass is 16.2. The van der Waals surface area contributed by atoms with Gasteiger partial charge in [0, 0.05) is 31.5 Å². The molecule has 0 spiro atoms. The van der Waals surface area contributed by atoms with Gasteiger partial charge in [0.1, 0.15) is 0 Å². The Bertz CT molecular complexity index is 541. The molecule has 106 valence electrons. The minimum atomic E-state index is 0.0765. The lowest BCUT2D eigenvalue weighted by Crippen LogP contribution is -2.28. The maximum absolute atomic E-state index is 12.1. The van der Waals surface area contributed by atoms with Crippen molar-refractivity contribution in [3.8, 4) is 11.8 Å². The molecule has 0 heterocycles. The van der Waals surface area contributed by atoms with Gasteiger partial charge in [0.15, 0.2) is 0 Å². The zero-order valence-electron chi connectivity index (χ0n) is 12.1. The molecule has 2 rings (SSSR count). The third-order valence-electron chi connectivity index (χ3n) is 3.69. The predicted molar refractivity (Wildman–Crippen MR) is 78.8 cm³/mol. The summed E-state index contributed by atoms with van der Waals surface area (Å²) in [6.07, 6.45) is 1.49. The van der Waals surface area contributed by atoms with Crippen molar-refractivity contribution in [2.75, 3.05) is 13.7 Å². The van der Waals surface area contributed by atoms with Crippen molar-refractivity contribution in [3.63, 3.8) is 0 Å². The van der Waals surface area contributed by atoms with E-state index < -0.39 is 0 Å². The Morgan fingerprint density at radius 1 is 1.45 bits per heavy atom. The molecule has 0 aliphatic heterocycles. The van der Waals surface area contributed by atoms with Crippen molar-refractivity contribution in [1.82, 2.24) is 4.90 Å². The number of aliphatic hydroxyl groups is 1. The third-order valence-corrected chi connectivity index (χ3v) is 3.69. The lowest BCUT2D eigenvalue weighted by Gasteiger charge is -2.18. The molecule has 1 aliphatic carbocycles. The summed E-state index contributed by atoms with van der Waals surface area (Å²) in [4.78, 5) is 13.9. The van der Waals surface area contributed by atoms with Crippen LogP contribution >= 0.6 is 0 Å². The van der Waals surface area contributed by atoms with Gasteiger partial charge in [0.05, 0.1) is 6.61 Å². The van der Waals surface area contributed by atoms with Gasteiger partial charge < -0.3 is 10.0 Å². The van der Waals surface area contributed by atoms with Gasteiger partial charge in [-0.1, -0.05) is 37.0 Å². The van der Waals surface area contributed by atoms with E-state index in [9.17, 15) is 4.79 Å². The summed E-state index contributed by atoms with van der Waals surface area (Å²) in [5, 5.41) is 8.77. The van der Waals surface area contributed by atoms with Crippen molar-refractivity contribution in [2.45, 2.75) is 26.3 Å². The van der Waals surface area contributed by atoms with E-state index >= 15 is 0 Å². The Hall–Kier alpha value is -1.79. The molecule has 0 aromatic heterocycles. The number of hydrogen-bond donors (Lipinski definition) is 1. The lowest BCUT2D eigenvalue weighted by molar-refractivity contribution is -0.132. The lowest BCUT2D eigenvalue weighted by atomic mass is 10.1. The van der Waals surface area contributed by atoms with Crippen LogP contribution in [0.2, 0.25) is 0 Å². The van der Waals surface area contributed by atoms with Crippen LogP contribution in [0.1, 0.15) is 30.9 Å². The molecule has 0 radical (unpaired) electrons. The summed E-state index contributed by atoms with van der Waals surface area (Å²) in [5.74, 6) is 6.98. The average Bonchev–Trinajstić information content (AvgIpc) is 3.17. The second-order valence-corrected chi connectivity index (χ2v) is 5.45. The van der Waals surface area contributed by atoms with Crippen LogP contribution in [0.5, 0.6) is 0 Å². The highest BCUT2D eigenvalue weighted by Gasteiger charge is 2.40. The fourth-order valence-corrected chi connectivity index (χ4v) is 2.28. The molecular weight excluding hydrogens is 250 g/mol. The van der Waals surface area contributed by atoms with Crippen LogP contribution < -0.4 is 0 Å². The van der Waals surface area contributed by atoms with Crippen LogP contribution in [0.25, 0.3) is 0 Å². The molecule has 0 saturated heterocycles. The maximum Gasteiger partial charge on any atom is 0.226 e. The monoisotopic (exact) mass is 271 g/mol. The van der Waals surface area contributed by atoms with E-state index in [4.69, 9.17) is 5.11 Å². The first-order valence-electron chi connectivity index (χ1n) is 7.06. The molecule has 1 N–H and O–H groups in total. The van der Waals surface area contributed by atoms with E-state index in [1.807, 2.05) is 31.3 Å². The van der Waals surface area contributed by atoms with Crippen LogP contribution in [-0.4, -0.2) is 29.6 Å². The van der Waals surface area contributed by atoms with Crippen molar-refractivity contribution in [2.24, 2.45) is 11.8 Å². The van der Waals surface area contributed by atoms with Crippen molar-refractivity contribution in [1.29, 1.82) is 0 Å². The topological polar surface area (TPSA) is 40.5 Å². The fraction of sp³-hybridized carbons (Fsp3) is 0.471. The zero-order valence-corrected chi connectivity index (χ0v) is 12.1. The maximum atomic E-state index is 12.1. The van der Waals surface area contributed by atoms with Gasteiger partial charge in [-0.15, -0.1) is 0 Å². The van der Waals surface area contributed by atoms with E-state index in [0.717, 1.165) is 17.5 Å². The molecule has 2 atom stereocenters. The van der Waals surface area contributed by atoms with Gasteiger partial charge in [-0.3, -0.25) is 4.79 Å². The third kappa shape index (κ3) is 3.61. The molecular formula is C17H21NO2. The molecule has 1 saturated carbocycles. The van der Waals surface area contributed by atoms with E-state index in [-0.39, 0.29) is 18.4 Å². The standard InChI is InChI=1S/C17H21NO2/c1-13-11-16(13)17(20)18(2)12-15-9-4-3-7-14(15)8-5-6-10-19/h3-4,7,9,13,16,19H,6,10-12H2,1-2H3. The normalized spacial score (nSPS) is 19.9. The summed E-state index contributed by atoms with van der Waals surface area (Å²) >= 11 is 0. The van der Waals surface area contributed by atoms with E-state index in [2.05, 4.69) is 18.8 Å². The quantitative estimate of drug-likeness (QED) is 0.851. The summed E-state index contributed by atoms with van der Waals surface area (Å²) in [6, 6.07) is 7.86. The van der Waals surface area contributed by atoms with Gasteiger partial charge in [-0.25, -0.2) is 0 Å². The van der Waals surface area contributed by atoms with Gasteiger partial charge in [0.25, 0.3) is 0 Å². The number of rotatable bonds is 4. The molecule has 3 heteroatoms. The molecule has 1 amide bonds. The minimum absolute atomic E-state index is 0.0765. The first-order valence-corrected chi connectivity index (χ1v) is 7.06. The smallest absolute Gasteiger partial charge is 0.226 e. The largest absolute Gasteiger partial charge is 0.395 e. The van der Waals surface area contributed by atoms with Crippen LogP contribution in [-0.2, 0) is 11.3 Å². The van der Waals surface area contributed by atoms with Gasteiger partial charge >= 0.3 is 0 Å². The predicted octanol–water partition coefficient (Wildman–Crippen LogP) is 2.03. The second kappa shape index (κ2) is 6.58. The Kier molecular flexibility index (Phi) is 4.81. The number of benzene rings is 1. The summed E-state index contributed by atoms with van der Waals surface area (Å²) < 4.78 is 0. The zero-order chi connectivity index (χ0) is 14.5. The van der Waals surface area contributed by atoms with Crippen molar-refractivity contribution >= 4 is 5.91 Å². The van der Waals surface area contributed by atoms with Crippen LogP contribution in [0.15, 0.2) is 24.3 Å². The number of amides is 1. The van der Waals surface area contributed by atoms with Crippen LogP contribution in [0, 0.1) is 23.7 Å². The minimum Gasteiger partial charge on any atom is -0.395 e. The second-order valence-electron chi connectivity index (χ2n) is 5.45. The van der Waals surface area contributed by atoms with E-state index in [1.54, 1.807) is 4.90 Å². The van der Waals surface area contributed by atoms with Gasteiger partial charge in [-0.2, -0.15) is 0 Å². The average molecular weight is 271 g/mol. The van der Waals surface area contributed by atoms with Crippen LogP contribution in [0.3, 0.4) is 0 Å². The highest BCUT2D eigenvalue weighted by molar-refractivity contribution is 5.81. The first-order chi connectivity index (χ1) is 9.63. The van der Waals surface area contributed by atoms with Crippen molar-refractivity contribution in [3.05, 3.63) is 35.4 Å². The van der Waals surface area contributed by atoms with Gasteiger partial charge in [-0.05, 0) is 24.0 Å². The molecule has 2 unspecified atom stereocenters. The van der Waals surface area contributed by atoms with Crippen molar-refractivity contribution < 1.29 is 9.90 Å². The number of nitrogens with zero attached hydrogens (tertiary/aromatic N) is 1. The summed E-state index contributed by atoms with van der Waals surface area (Å²) in [5.41, 5.74) is 1.99. The SMILES string of the molecule is CC1CC1C(=O)N(C)Cc1ccccc1C#CCCO. The molecule has 20 heavy (non-hydrogen) atoms. The number of carbonyl (C=O) groups excluding carboxylic acids is 1. The summed E-state index contributed by atoms with van der Waals surface area (Å²) in [6.45, 7) is 2.78. The summed E-state index contributed by atoms with van der Waals surface area (Å²) in [7, 11) is 1.85. The Labute approximate surface area is 120 Å². The Morgan fingerprint density at radius 3 is 2.80 bits per heavy atom. The van der Waals surface area contributed by atoms with E-state index in [1.165, 1.54) is 0 Å². The molecule has 0 bridgehead atoms. The Balaban J connectivity index is 2.05. The fourth-order valence-electron chi connectivity index (χ4n) is 2.28. The Morgan fingerprint density at radius 2 is 2.15 bits per heavy atom. The molecule has 1 fully saturated rings.